The highest BCUT2D eigenvalue weighted by Crippen LogP contribution is 2.22. The van der Waals surface area contributed by atoms with E-state index in [9.17, 15) is 0 Å². The maximum absolute atomic E-state index is 5.87. The maximum atomic E-state index is 5.87. The number of pyridine rings is 1. The van der Waals surface area contributed by atoms with Gasteiger partial charge in [0.2, 0.25) is 0 Å². The van der Waals surface area contributed by atoms with E-state index in [4.69, 9.17) is 5.73 Å². The lowest BCUT2D eigenvalue weighted by molar-refractivity contribution is 0.417. The Morgan fingerprint density at radius 2 is 2.06 bits per heavy atom. The molecule has 0 amide bonds. The third kappa shape index (κ3) is 4.73. The molecule has 2 N–H and O–H groups in total. The summed E-state index contributed by atoms with van der Waals surface area (Å²) >= 11 is 0. The van der Waals surface area contributed by atoms with E-state index in [1.807, 2.05) is 19.2 Å². The first-order valence-corrected chi connectivity index (χ1v) is 6.20. The van der Waals surface area contributed by atoms with Gasteiger partial charge in [-0.3, -0.25) is 0 Å². The molecule has 1 aromatic heterocycles. The van der Waals surface area contributed by atoms with Gasteiger partial charge in [-0.1, -0.05) is 26.8 Å². The second-order valence-corrected chi connectivity index (χ2v) is 6.08. The normalized spacial score (nSPS) is 13.5. The predicted octanol–water partition coefficient (Wildman–Crippen LogP) is 2.45. The fourth-order valence-corrected chi connectivity index (χ4v) is 2.07. The van der Waals surface area contributed by atoms with Crippen LogP contribution in [0.4, 0.5) is 5.82 Å². The molecule has 0 fully saturated rings. The standard InChI is InChI=1S/C14H25N3/c1-11(15)9-12-7-6-8-16-13(12)17(5)10-14(2,3)4/h6-8,11H,9-10,15H2,1-5H3. The lowest BCUT2D eigenvalue weighted by atomic mass is 9.96. The van der Waals surface area contributed by atoms with Gasteiger partial charge >= 0.3 is 0 Å². The summed E-state index contributed by atoms with van der Waals surface area (Å²) in [5, 5.41) is 0. The third-order valence-electron chi connectivity index (χ3n) is 2.48. The van der Waals surface area contributed by atoms with Gasteiger partial charge in [-0.05, 0) is 30.4 Å². The molecule has 0 radical (unpaired) electrons. The molecule has 0 saturated carbocycles. The van der Waals surface area contributed by atoms with Crippen molar-refractivity contribution in [3.05, 3.63) is 23.9 Å². The molecule has 0 aliphatic heterocycles. The first-order chi connectivity index (χ1) is 7.79. The van der Waals surface area contributed by atoms with Crippen molar-refractivity contribution in [1.29, 1.82) is 0 Å². The number of aromatic nitrogens is 1. The predicted molar refractivity (Wildman–Crippen MR) is 74.3 cm³/mol. The zero-order valence-corrected chi connectivity index (χ0v) is 11.7. The van der Waals surface area contributed by atoms with Crippen molar-refractivity contribution >= 4 is 5.82 Å². The molecule has 17 heavy (non-hydrogen) atoms. The third-order valence-corrected chi connectivity index (χ3v) is 2.48. The van der Waals surface area contributed by atoms with Crippen LogP contribution in [0.25, 0.3) is 0 Å². The van der Waals surface area contributed by atoms with Gasteiger partial charge in [0.25, 0.3) is 0 Å². The summed E-state index contributed by atoms with van der Waals surface area (Å²) in [6, 6.07) is 4.26. The Balaban J connectivity index is 2.88. The second kappa shape index (κ2) is 5.50. The monoisotopic (exact) mass is 235 g/mol. The minimum absolute atomic E-state index is 0.168. The van der Waals surface area contributed by atoms with E-state index in [2.05, 4.69) is 43.8 Å². The molecule has 0 saturated heterocycles. The van der Waals surface area contributed by atoms with Gasteiger partial charge < -0.3 is 10.6 Å². The van der Waals surface area contributed by atoms with Gasteiger partial charge in [0, 0.05) is 25.8 Å². The Morgan fingerprint density at radius 1 is 1.41 bits per heavy atom. The van der Waals surface area contributed by atoms with E-state index >= 15 is 0 Å². The van der Waals surface area contributed by atoms with Gasteiger partial charge in [0.15, 0.2) is 0 Å². The van der Waals surface area contributed by atoms with Crippen molar-refractivity contribution in [2.45, 2.75) is 40.2 Å². The highest BCUT2D eigenvalue weighted by molar-refractivity contribution is 5.46. The smallest absolute Gasteiger partial charge is 0.131 e. The van der Waals surface area contributed by atoms with Crippen LogP contribution in [0, 0.1) is 5.41 Å². The molecule has 1 aromatic rings. The summed E-state index contributed by atoms with van der Waals surface area (Å²) in [6.07, 6.45) is 2.72. The van der Waals surface area contributed by atoms with Crippen LogP contribution in [-0.2, 0) is 6.42 Å². The second-order valence-electron chi connectivity index (χ2n) is 6.08. The minimum Gasteiger partial charge on any atom is -0.359 e. The van der Waals surface area contributed by atoms with E-state index < -0.39 is 0 Å². The van der Waals surface area contributed by atoms with Crippen LogP contribution in [0.3, 0.4) is 0 Å². The zero-order valence-electron chi connectivity index (χ0n) is 11.7. The van der Waals surface area contributed by atoms with Crippen LogP contribution in [0.1, 0.15) is 33.3 Å². The summed E-state index contributed by atoms with van der Waals surface area (Å²) in [5.41, 5.74) is 7.37. The number of anilines is 1. The van der Waals surface area contributed by atoms with Gasteiger partial charge in [0.05, 0.1) is 0 Å². The van der Waals surface area contributed by atoms with E-state index in [1.54, 1.807) is 0 Å². The first kappa shape index (κ1) is 14.0. The molecule has 1 atom stereocenters. The van der Waals surface area contributed by atoms with E-state index in [1.165, 1.54) is 5.56 Å². The summed E-state index contributed by atoms with van der Waals surface area (Å²) in [4.78, 5) is 6.71. The molecule has 0 aromatic carbocycles. The topological polar surface area (TPSA) is 42.1 Å². The Bertz CT molecular complexity index is 353. The van der Waals surface area contributed by atoms with Crippen LogP contribution >= 0.6 is 0 Å². The van der Waals surface area contributed by atoms with Gasteiger partial charge in [-0.15, -0.1) is 0 Å². The van der Waals surface area contributed by atoms with E-state index in [-0.39, 0.29) is 11.5 Å². The molecule has 3 heteroatoms. The van der Waals surface area contributed by atoms with Crippen molar-refractivity contribution in [3.8, 4) is 0 Å². The first-order valence-electron chi connectivity index (χ1n) is 6.20. The molecule has 1 rings (SSSR count). The van der Waals surface area contributed by atoms with Crippen LogP contribution in [0.5, 0.6) is 0 Å². The molecule has 3 nitrogen and oxygen atoms in total. The van der Waals surface area contributed by atoms with Crippen molar-refractivity contribution in [2.75, 3.05) is 18.5 Å². The average molecular weight is 235 g/mol. The summed E-state index contributed by atoms with van der Waals surface area (Å²) in [6.45, 7) is 9.71. The SMILES string of the molecule is CC(N)Cc1cccnc1N(C)CC(C)(C)C. The highest BCUT2D eigenvalue weighted by Gasteiger charge is 2.17. The van der Waals surface area contributed by atoms with E-state index in [0.717, 1.165) is 18.8 Å². The molecule has 96 valence electrons. The molecule has 0 bridgehead atoms. The largest absolute Gasteiger partial charge is 0.359 e. The van der Waals surface area contributed by atoms with Crippen molar-refractivity contribution in [1.82, 2.24) is 4.98 Å². The van der Waals surface area contributed by atoms with Crippen LogP contribution in [0.2, 0.25) is 0 Å². The number of nitrogens with zero attached hydrogens (tertiary/aromatic N) is 2. The minimum atomic E-state index is 0.168. The fraction of sp³-hybridized carbons (Fsp3) is 0.643. The Hall–Kier alpha value is -1.09. The van der Waals surface area contributed by atoms with Crippen molar-refractivity contribution in [3.63, 3.8) is 0 Å². The number of rotatable bonds is 4. The van der Waals surface area contributed by atoms with Gasteiger partial charge in [-0.25, -0.2) is 4.98 Å². The summed E-state index contributed by atoms with van der Waals surface area (Å²) in [5.74, 6) is 1.06. The zero-order chi connectivity index (χ0) is 13.1. The Labute approximate surface area is 105 Å². The van der Waals surface area contributed by atoms with Crippen molar-refractivity contribution in [2.24, 2.45) is 11.1 Å². The molecule has 1 heterocycles. The number of nitrogens with two attached hydrogens (primary N) is 1. The molecular formula is C14H25N3. The molecule has 1 unspecified atom stereocenters. The lowest BCUT2D eigenvalue weighted by Gasteiger charge is -2.29. The van der Waals surface area contributed by atoms with Crippen LogP contribution in [0.15, 0.2) is 18.3 Å². The van der Waals surface area contributed by atoms with Gasteiger partial charge in [0.1, 0.15) is 5.82 Å². The maximum Gasteiger partial charge on any atom is 0.131 e. The summed E-state index contributed by atoms with van der Waals surface area (Å²) in [7, 11) is 2.10. The van der Waals surface area contributed by atoms with Crippen LogP contribution < -0.4 is 10.6 Å². The molecular weight excluding hydrogens is 210 g/mol. The van der Waals surface area contributed by atoms with Crippen LogP contribution in [-0.4, -0.2) is 24.6 Å². The summed E-state index contributed by atoms with van der Waals surface area (Å²) < 4.78 is 0. The molecule has 0 aliphatic rings. The number of hydrogen-bond acceptors (Lipinski definition) is 3. The average Bonchev–Trinajstić information content (AvgIpc) is 2.14. The molecule has 0 spiro atoms. The quantitative estimate of drug-likeness (QED) is 0.871. The fourth-order valence-electron chi connectivity index (χ4n) is 2.07. The number of hydrogen-bond donors (Lipinski definition) is 1. The lowest BCUT2D eigenvalue weighted by Crippen LogP contribution is -2.31. The molecule has 0 aliphatic carbocycles. The Kier molecular flexibility index (Phi) is 4.52. The van der Waals surface area contributed by atoms with Crippen molar-refractivity contribution < 1.29 is 0 Å². The van der Waals surface area contributed by atoms with E-state index in [0.29, 0.717) is 0 Å². The highest BCUT2D eigenvalue weighted by atomic mass is 15.2. The van der Waals surface area contributed by atoms with Gasteiger partial charge in [-0.2, -0.15) is 0 Å². The Morgan fingerprint density at radius 3 is 2.59 bits per heavy atom.